The van der Waals surface area contributed by atoms with E-state index in [-0.39, 0.29) is 34.0 Å². The third-order valence-electron chi connectivity index (χ3n) is 7.69. The van der Waals surface area contributed by atoms with Gasteiger partial charge in [-0.05, 0) is 59.6 Å². The van der Waals surface area contributed by atoms with Gasteiger partial charge >= 0.3 is 0 Å². The zero-order valence-electron chi connectivity index (χ0n) is 19.3. The van der Waals surface area contributed by atoms with Crippen LogP contribution in [0.1, 0.15) is 44.2 Å². The summed E-state index contributed by atoms with van der Waals surface area (Å²) in [5.74, 6) is 0.0764. The van der Waals surface area contributed by atoms with Crippen molar-refractivity contribution in [2.24, 2.45) is 5.92 Å². The predicted molar refractivity (Wildman–Crippen MR) is 135 cm³/mol. The second-order valence-electron chi connectivity index (χ2n) is 9.84. The Morgan fingerprint density at radius 3 is 1.76 bits per heavy atom. The van der Waals surface area contributed by atoms with E-state index in [0.29, 0.717) is 6.42 Å². The minimum atomic E-state index is -4.22. The fraction of sp³-hybridized carbons (Fsp3) is 0.286. The summed E-state index contributed by atoms with van der Waals surface area (Å²) in [6.45, 7) is 4.35. The van der Waals surface area contributed by atoms with Gasteiger partial charge < -0.3 is 0 Å². The summed E-state index contributed by atoms with van der Waals surface area (Å²) in [6.07, 6.45) is 2.52. The smallest absolute Gasteiger partial charge is 0.199 e. The summed E-state index contributed by atoms with van der Waals surface area (Å²) in [6, 6.07) is 24.1. The number of allylic oxidation sites excluding steroid dienone is 1. The number of rotatable bonds is 4. The Balaban J connectivity index is 1.75. The Kier molecular flexibility index (Phi) is 5.37. The minimum absolute atomic E-state index is 0.0378. The van der Waals surface area contributed by atoms with Gasteiger partial charge in [0.2, 0.25) is 0 Å². The lowest BCUT2D eigenvalue weighted by molar-refractivity contribution is 0.289. The van der Waals surface area contributed by atoms with Gasteiger partial charge in [-0.25, -0.2) is 16.8 Å². The molecule has 2 aliphatic rings. The maximum atomic E-state index is 14.2. The molecule has 0 bridgehead atoms. The van der Waals surface area contributed by atoms with Gasteiger partial charge in [0.15, 0.2) is 23.8 Å². The van der Waals surface area contributed by atoms with Crippen LogP contribution >= 0.6 is 0 Å². The molecule has 0 aromatic heterocycles. The van der Waals surface area contributed by atoms with Crippen molar-refractivity contribution in [1.29, 1.82) is 0 Å². The van der Waals surface area contributed by atoms with Gasteiger partial charge in [0.05, 0.1) is 9.79 Å². The molecule has 0 aliphatic heterocycles. The first-order valence-corrected chi connectivity index (χ1v) is 14.5. The molecule has 176 valence electrons. The molecule has 1 saturated carbocycles. The van der Waals surface area contributed by atoms with Crippen molar-refractivity contribution in [3.63, 3.8) is 0 Å². The van der Waals surface area contributed by atoms with Crippen LogP contribution in [-0.4, -0.2) is 20.9 Å². The Morgan fingerprint density at radius 2 is 1.21 bits per heavy atom. The van der Waals surface area contributed by atoms with Crippen molar-refractivity contribution < 1.29 is 16.8 Å². The number of sulfone groups is 2. The fourth-order valence-electron chi connectivity index (χ4n) is 5.88. The highest BCUT2D eigenvalue weighted by Crippen LogP contribution is 2.56. The maximum Gasteiger partial charge on any atom is 0.199 e. The van der Waals surface area contributed by atoms with E-state index in [1.54, 1.807) is 36.4 Å². The van der Waals surface area contributed by atoms with E-state index in [2.05, 4.69) is 19.9 Å². The Hall–Kier alpha value is -2.70. The standard InChI is InChI=1S/C28H28O4S2/c1-27(2)25-16-10-9-11-21(25)19-22-20-28(18-17-26(22)27,33(29,30)23-12-5-3-6-13-23)34(31,32)24-14-7-4-8-15-24/h3-16,19,26H,17-18,20H2,1-2H3. The lowest BCUT2D eigenvalue weighted by Gasteiger charge is -2.48. The molecule has 4 nitrogen and oxygen atoms in total. The molecule has 6 heteroatoms. The average Bonchev–Trinajstić information content (AvgIpc) is 2.84. The molecule has 0 spiro atoms. The highest BCUT2D eigenvalue weighted by Gasteiger charge is 2.60. The second kappa shape index (κ2) is 7.92. The Labute approximate surface area is 202 Å². The van der Waals surface area contributed by atoms with Gasteiger partial charge in [0, 0.05) is 6.42 Å². The van der Waals surface area contributed by atoms with E-state index in [4.69, 9.17) is 0 Å². The van der Waals surface area contributed by atoms with E-state index < -0.39 is 23.8 Å². The molecule has 1 atom stereocenters. The molecule has 34 heavy (non-hydrogen) atoms. The lowest BCUT2D eigenvalue weighted by Crippen LogP contribution is -2.52. The first kappa shape index (κ1) is 23.1. The molecule has 0 amide bonds. The SMILES string of the molecule is CC1(C)c2ccccc2C=C2CC(S(=O)(=O)c3ccccc3)(S(=O)(=O)c3ccccc3)CCC21. The molecular formula is C28H28O4S2. The molecule has 1 unspecified atom stereocenters. The third-order valence-corrected chi connectivity index (χ3v) is 13.4. The normalized spacial score (nSPS) is 21.1. The monoisotopic (exact) mass is 492 g/mol. The van der Waals surface area contributed by atoms with Gasteiger partial charge in [-0.15, -0.1) is 0 Å². The zero-order chi connectivity index (χ0) is 24.2. The van der Waals surface area contributed by atoms with Crippen LogP contribution in [0.3, 0.4) is 0 Å². The van der Waals surface area contributed by atoms with E-state index >= 15 is 0 Å². The van der Waals surface area contributed by atoms with Crippen LogP contribution in [0.5, 0.6) is 0 Å². The van der Waals surface area contributed by atoms with Crippen LogP contribution in [0, 0.1) is 5.92 Å². The molecule has 0 radical (unpaired) electrons. The highest BCUT2D eigenvalue weighted by molar-refractivity contribution is 8.10. The van der Waals surface area contributed by atoms with Gasteiger partial charge in [0.25, 0.3) is 0 Å². The van der Waals surface area contributed by atoms with Crippen LogP contribution < -0.4 is 0 Å². The molecule has 0 N–H and O–H groups in total. The van der Waals surface area contributed by atoms with Gasteiger partial charge in [-0.3, -0.25) is 0 Å². The highest BCUT2D eigenvalue weighted by atomic mass is 32.3. The summed E-state index contributed by atoms with van der Waals surface area (Å²) in [5, 5.41) is 0. The van der Waals surface area contributed by atoms with Crippen LogP contribution in [0.25, 0.3) is 6.08 Å². The lowest BCUT2D eigenvalue weighted by atomic mass is 9.61. The van der Waals surface area contributed by atoms with Crippen molar-refractivity contribution in [3.05, 3.63) is 102 Å². The fourth-order valence-corrected chi connectivity index (χ4v) is 11.0. The van der Waals surface area contributed by atoms with Crippen LogP contribution in [0.15, 0.2) is 100 Å². The van der Waals surface area contributed by atoms with E-state index in [1.807, 2.05) is 24.3 Å². The molecule has 1 fully saturated rings. The summed E-state index contributed by atoms with van der Waals surface area (Å²) in [4.78, 5) is 0.0908. The molecule has 5 rings (SSSR count). The molecular weight excluding hydrogens is 464 g/mol. The number of hydrogen-bond donors (Lipinski definition) is 0. The summed E-state index contributed by atoms with van der Waals surface area (Å²) < 4.78 is 54.9. The number of benzene rings is 3. The van der Waals surface area contributed by atoms with E-state index in [1.165, 1.54) is 29.8 Å². The van der Waals surface area contributed by atoms with Crippen molar-refractivity contribution in [2.45, 2.75) is 52.4 Å². The first-order valence-electron chi connectivity index (χ1n) is 11.5. The number of fused-ring (bicyclic) bond motifs is 2. The van der Waals surface area contributed by atoms with Crippen LogP contribution in [0.2, 0.25) is 0 Å². The van der Waals surface area contributed by atoms with Crippen LogP contribution in [-0.2, 0) is 25.1 Å². The predicted octanol–water partition coefficient (Wildman–Crippen LogP) is 5.81. The summed E-state index contributed by atoms with van der Waals surface area (Å²) in [7, 11) is -8.45. The minimum Gasteiger partial charge on any atom is -0.222 e. The molecule has 3 aromatic rings. The number of hydrogen-bond acceptors (Lipinski definition) is 4. The molecule has 3 aromatic carbocycles. The quantitative estimate of drug-likeness (QED) is 0.461. The molecule has 0 saturated heterocycles. The van der Waals surface area contributed by atoms with Crippen molar-refractivity contribution >= 4 is 25.8 Å². The maximum absolute atomic E-state index is 14.2. The van der Waals surface area contributed by atoms with Gasteiger partial charge in [0.1, 0.15) is 0 Å². The zero-order valence-corrected chi connectivity index (χ0v) is 20.9. The summed E-state index contributed by atoms with van der Waals surface area (Å²) >= 11 is 0. The van der Waals surface area contributed by atoms with Crippen LogP contribution in [0.4, 0.5) is 0 Å². The first-order chi connectivity index (χ1) is 16.1. The van der Waals surface area contributed by atoms with Crippen molar-refractivity contribution in [2.75, 3.05) is 0 Å². The van der Waals surface area contributed by atoms with E-state index in [0.717, 1.165) is 11.1 Å². The molecule has 0 heterocycles. The second-order valence-corrected chi connectivity index (χ2v) is 14.6. The van der Waals surface area contributed by atoms with Crippen molar-refractivity contribution in [3.8, 4) is 0 Å². The third kappa shape index (κ3) is 3.23. The molecule has 2 aliphatic carbocycles. The average molecular weight is 493 g/mol. The Morgan fingerprint density at radius 1 is 0.706 bits per heavy atom. The Bertz CT molecular complexity index is 1400. The van der Waals surface area contributed by atoms with Crippen molar-refractivity contribution in [1.82, 2.24) is 0 Å². The topological polar surface area (TPSA) is 68.3 Å². The van der Waals surface area contributed by atoms with E-state index in [9.17, 15) is 16.8 Å². The van der Waals surface area contributed by atoms with Gasteiger partial charge in [-0.2, -0.15) is 0 Å². The summed E-state index contributed by atoms with van der Waals surface area (Å²) in [5.41, 5.74) is 2.92. The van der Waals surface area contributed by atoms with Gasteiger partial charge in [-0.1, -0.05) is 86.2 Å². The largest absolute Gasteiger partial charge is 0.222 e.